The highest BCUT2D eigenvalue weighted by Crippen LogP contribution is 2.13. The third kappa shape index (κ3) is 4.52. The van der Waals surface area contributed by atoms with Crippen molar-refractivity contribution >= 4 is 23.1 Å². The molecule has 3 N–H and O–H groups in total. The minimum Gasteiger partial charge on any atom is -0.345 e. The molecule has 5 nitrogen and oxygen atoms in total. The van der Waals surface area contributed by atoms with Crippen LogP contribution in [0.5, 0.6) is 0 Å². The summed E-state index contributed by atoms with van der Waals surface area (Å²) in [6, 6.07) is 18.0. The number of benzene rings is 2. The molecule has 0 saturated heterocycles. The first-order valence-corrected chi connectivity index (χ1v) is 8.54. The molecule has 132 valence electrons. The Morgan fingerprint density at radius 3 is 2.54 bits per heavy atom. The zero-order chi connectivity index (χ0) is 18.4. The Balaban J connectivity index is 1.61. The van der Waals surface area contributed by atoms with Crippen LogP contribution in [0, 0.1) is 0 Å². The Bertz CT molecular complexity index is 896. The van der Waals surface area contributed by atoms with E-state index in [2.05, 4.69) is 10.3 Å². The van der Waals surface area contributed by atoms with Crippen LogP contribution in [0.1, 0.15) is 11.1 Å². The zero-order valence-corrected chi connectivity index (χ0v) is 14.3. The first-order valence-electron chi connectivity index (χ1n) is 8.54. The molecule has 26 heavy (non-hydrogen) atoms. The fourth-order valence-electron chi connectivity index (χ4n) is 2.87. The molecule has 0 radical (unpaired) electrons. The van der Waals surface area contributed by atoms with Gasteiger partial charge in [0.05, 0.1) is 17.6 Å². The van der Waals surface area contributed by atoms with Gasteiger partial charge in [0.15, 0.2) is 0 Å². The van der Waals surface area contributed by atoms with E-state index < -0.39 is 12.1 Å². The smallest absolute Gasteiger partial charge is 0.237 e. The number of aromatic nitrogens is 1. The number of nitrogens with zero attached hydrogens (tertiary/aromatic N) is 1. The molecule has 1 heterocycles. The van der Waals surface area contributed by atoms with Gasteiger partial charge >= 0.3 is 0 Å². The van der Waals surface area contributed by atoms with Crippen LogP contribution in [-0.4, -0.2) is 29.3 Å². The molecule has 0 spiro atoms. The molecule has 0 aliphatic carbocycles. The lowest BCUT2D eigenvalue weighted by atomic mass is 10.0. The SMILES string of the molecule is N[C@@H](Cc1cnc2ccccc2c1)C(=O)N[C@H](C=O)Cc1ccccc1. The number of pyridine rings is 1. The maximum Gasteiger partial charge on any atom is 0.237 e. The average Bonchev–Trinajstić information content (AvgIpc) is 2.68. The van der Waals surface area contributed by atoms with E-state index in [9.17, 15) is 9.59 Å². The average molecular weight is 347 g/mol. The Morgan fingerprint density at radius 1 is 1.04 bits per heavy atom. The fraction of sp³-hybridized carbons (Fsp3) is 0.190. The second kappa shape index (κ2) is 8.36. The van der Waals surface area contributed by atoms with Crippen LogP contribution in [0.15, 0.2) is 66.9 Å². The van der Waals surface area contributed by atoms with E-state index in [1.165, 1.54) is 0 Å². The number of amides is 1. The number of nitrogens with two attached hydrogens (primary N) is 1. The molecule has 2 aromatic carbocycles. The molecule has 0 saturated carbocycles. The third-order valence-electron chi connectivity index (χ3n) is 4.23. The Morgan fingerprint density at radius 2 is 1.77 bits per heavy atom. The van der Waals surface area contributed by atoms with Gasteiger partial charge in [-0.15, -0.1) is 0 Å². The number of fused-ring (bicyclic) bond motifs is 1. The van der Waals surface area contributed by atoms with E-state index in [0.717, 1.165) is 28.3 Å². The van der Waals surface area contributed by atoms with Crippen LogP contribution >= 0.6 is 0 Å². The van der Waals surface area contributed by atoms with Gasteiger partial charge in [0.2, 0.25) is 5.91 Å². The molecule has 2 atom stereocenters. The summed E-state index contributed by atoms with van der Waals surface area (Å²) in [6.07, 6.45) is 3.28. The standard InChI is InChI=1S/C21H21N3O2/c22-19(12-16-10-17-8-4-5-9-20(17)23-13-16)21(26)24-18(14-25)11-15-6-2-1-3-7-15/h1-10,13-14,18-19H,11-12,22H2,(H,24,26)/t18-,19-/m0/s1. The maximum absolute atomic E-state index is 12.4. The maximum atomic E-state index is 12.4. The zero-order valence-electron chi connectivity index (χ0n) is 14.3. The molecule has 0 aliphatic heterocycles. The highest BCUT2D eigenvalue weighted by Gasteiger charge is 2.18. The van der Waals surface area contributed by atoms with Gasteiger partial charge in [0.25, 0.3) is 0 Å². The minimum atomic E-state index is -0.740. The first kappa shape index (κ1) is 17.8. The summed E-state index contributed by atoms with van der Waals surface area (Å²) in [7, 11) is 0. The van der Waals surface area contributed by atoms with Crippen molar-refractivity contribution in [2.75, 3.05) is 0 Å². The molecule has 5 heteroatoms. The highest BCUT2D eigenvalue weighted by molar-refractivity contribution is 5.85. The van der Waals surface area contributed by atoms with Crippen LogP contribution < -0.4 is 11.1 Å². The van der Waals surface area contributed by atoms with E-state index >= 15 is 0 Å². The predicted octanol–water partition coefficient (Wildman–Crippen LogP) is 2.03. The molecular weight excluding hydrogens is 326 g/mol. The van der Waals surface area contributed by atoms with Crippen molar-refractivity contribution < 1.29 is 9.59 Å². The summed E-state index contributed by atoms with van der Waals surface area (Å²) in [4.78, 5) is 28.0. The van der Waals surface area contributed by atoms with E-state index in [1.54, 1.807) is 6.20 Å². The van der Waals surface area contributed by atoms with Crippen molar-refractivity contribution in [2.24, 2.45) is 5.73 Å². The van der Waals surface area contributed by atoms with Crippen molar-refractivity contribution in [3.8, 4) is 0 Å². The van der Waals surface area contributed by atoms with Crippen LogP contribution in [0.25, 0.3) is 10.9 Å². The lowest BCUT2D eigenvalue weighted by Gasteiger charge is -2.17. The van der Waals surface area contributed by atoms with E-state index in [0.29, 0.717) is 12.8 Å². The topological polar surface area (TPSA) is 85.1 Å². The lowest BCUT2D eigenvalue weighted by Crippen LogP contribution is -2.47. The van der Waals surface area contributed by atoms with Crippen molar-refractivity contribution in [1.29, 1.82) is 0 Å². The van der Waals surface area contributed by atoms with Crippen LogP contribution in [0.3, 0.4) is 0 Å². The molecule has 3 aromatic rings. The van der Waals surface area contributed by atoms with Crippen LogP contribution in [0.2, 0.25) is 0 Å². The number of rotatable bonds is 7. The molecule has 1 amide bonds. The molecule has 0 fully saturated rings. The van der Waals surface area contributed by atoms with Gasteiger partial charge in [-0.05, 0) is 36.1 Å². The summed E-state index contributed by atoms with van der Waals surface area (Å²) in [6.45, 7) is 0. The molecule has 0 unspecified atom stereocenters. The predicted molar refractivity (Wildman–Crippen MR) is 102 cm³/mol. The van der Waals surface area contributed by atoms with Crippen LogP contribution in [0.4, 0.5) is 0 Å². The number of hydrogen-bond acceptors (Lipinski definition) is 4. The molecule has 0 aliphatic rings. The lowest BCUT2D eigenvalue weighted by molar-refractivity contribution is -0.125. The third-order valence-corrected chi connectivity index (χ3v) is 4.23. The van der Waals surface area contributed by atoms with E-state index in [1.807, 2.05) is 60.7 Å². The minimum absolute atomic E-state index is 0.341. The van der Waals surface area contributed by atoms with Gasteiger partial charge in [-0.2, -0.15) is 0 Å². The summed E-state index contributed by atoms with van der Waals surface area (Å²) < 4.78 is 0. The van der Waals surface area contributed by atoms with Gasteiger partial charge in [-0.1, -0.05) is 48.5 Å². The van der Waals surface area contributed by atoms with E-state index in [4.69, 9.17) is 5.73 Å². The second-order valence-corrected chi connectivity index (χ2v) is 6.29. The fourth-order valence-corrected chi connectivity index (χ4v) is 2.87. The molecule has 1 aromatic heterocycles. The highest BCUT2D eigenvalue weighted by atomic mass is 16.2. The van der Waals surface area contributed by atoms with Crippen LogP contribution in [-0.2, 0) is 22.4 Å². The summed E-state index contributed by atoms with van der Waals surface area (Å²) in [5.41, 5.74) is 8.80. The number of aldehydes is 1. The van der Waals surface area contributed by atoms with E-state index in [-0.39, 0.29) is 5.91 Å². The first-order chi connectivity index (χ1) is 12.7. The normalized spacial score (nSPS) is 13.1. The Labute approximate surface area is 152 Å². The number of hydrogen-bond donors (Lipinski definition) is 2. The number of nitrogens with one attached hydrogen (secondary N) is 1. The monoisotopic (exact) mass is 347 g/mol. The Kier molecular flexibility index (Phi) is 5.71. The number of carbonyl (C=O) groups excluding carboxylic acids is 2. The van der Waals surface area contributed by atoms with Gasteiger partial charge in [-0.25, -0.2) is 0 Å². The number of carbonyl (C=O) groups is 2. The largest absolute Gasteiger partial charge is 0.345 e. The Hall–Kier alpha value is -3.05. The van der Waals surface area contributed by atoms with Crippen molar-refractivity contribution in [1.82, 2.24) is 10.3 Å². The van der Waals surface area contributed by atoms with Crippen molar-refractivity contribution in [2.45, 2.75) is 24.9 Å². The van der Waals surface area contributed by atoms with Gasteiger partial charge in [0, 0.05) is 11.6 Å². The second-order valence-electron chi connectivity index (χ2n) is 6.29. The molecule has 0 bridgehead atoms. The van der Waals surface area contributed by atoms with Gasteiger partial charge in [0.1, 0.15) is 6.29 Å². The molecule has 3 rings (SSSR count). The summed E-state index contributed by atoms with van der Waals surface area (Å²) in [5, 5.41) is 3.73. The van der Waals surface area contributed by atoms with Crippen molar-refractivity contribution in [3.05, 3.63) is 78.0 Å². The molecular formula is C21H21N3O2. The van der Waals surface area contributed by atoms with Gasteiger partial charge < -0.3 is 15.8 Å². The summed E-state index contributed by atoms with van der Waals surface area (Å²) >= 11 is 0. The van der Waals surface area contributed by atoms with Gasteiger partial charge in [-0.3, -0.25) is 9.78 Å². The number of para-hydroxylation sites is 1. The quantitative estimate of drug-likeness (QED) is 0.641. The van der Waals surface area contributed by atoms with Crippen molar-refractivity contribution in [3.63, 3.8) is 0 Å². The summed E-state index contributed by atoms with van der Waals surface area (Å²) in [5.74, 6) is -0.341.